The first kappa shape index (κ1) is 31.7. The number of benzene rings is 1. The smallest absolute Gasteiger partial charge is 0.387 e. The molecule has 1 amide bonds. The zero-order valence-corrected chi connectivity index (χ0v) is 24.2. The lowest BCUT2D eigenvalue weighted by Crippen LogP contribution is -2.60. The van der Waals surface area contributed by atoms with E-state index < -0.39 is 24.2 Å². The van der Waals surface area contributed by atoms with E-state index in [1.54, 1.807) is 19.1 Å². The number of carbonyl (C=O) groups excluding carboxylic acids is 2. The van der Waals surface area contributed by atoms with Gasteiger partial charge in [0.1, 0.15) is 18.0 Å². The molecule has 10 nitrogen and oxygen atoms in total. The molecule has 1 aliphatic heterocycles. The van der Waals surface area contributed by atoms with Crippen LogP contribution in [0.15, 0.2) is 18.2 Å². The van der Waals surface area contributed by atoms with E-state index in [1.165, 1.54) is 9.58 Å². The van der Waals surface area contributed by atoms with E-state index in [2.05, 4.69) is 15.3 Å². The van der Waals surface area contributed by atoms with Gasteiger partial charge in [-0.3, -0.25) is 14.4 Å². The molecule has 4 N–H and O–H groups in total. The Morgan fingerprint density at radius 3 is 2.65 bits per heavy atom. The van der Waals surface area contributed by atoms with Crippen molar-refractivity contribution in [1.82, 2.24) is 20.0 Å². The average molecular weight is 586 g/mol. The second-order valence-corrected chi connectivity index (χ2v) is 11.8. The first-order chi connectivity index (χ1) is 18.7. The van der Waals surface area contributed by atoms with Crippen molar-refractivity contribution >= 4 is 23.5 Å². The summed E-state index contributed by atoms with van der Waals surface area (Å²) in [5, 5.41) is 18.2. The van der Waals surface area contributed by atoms with Gasteiger partial charge in [-0.2, -0.15) is 19.8 Å². The standard InChI is InChI=1S/C27H38ClF2N5O5/c1-6-35-23(18-8-7-17(12-26(3,4)5)11-19(18)39-25(29)30)21(28)22(33-35)24(37)32-15-27(38)10-9-16(2)13-34(27)14-20(36)40-31/h7-8,11,16,25,38H,6,9-10,12-15,31H2,1-5H3,(H,32,37)/t16-,27-/m0/s1. The minimum absolute atomic E-state index is 0.0464. The number of nitrogens with two attached hydrogens (primary N) is 1. The molecular weight excluding hydrogens is 548 g/mol. The highest BCUT2D eigenvalue weighted by atomic mass is 35.5. The van der Waals surface area contributed by atoms with E-state index in [9.17, 15) is 23.5 Å². The molecule has 1 aromatic heterocycles. The van der Waals surface area contributed by atoms with Gasteiger partial charge in [0.15, 0.2) is 5.69 Å². The molecule has 2 heterocycles. The molecule has 1 aliphatic rings. The van der Waals surface area contributed by atoms with Crippen LogP contribution in [0, 0.1) is 11.3 Å². The summed E-state index contributed by atoms with van der Waals surface area (Å²) < 4.78 is 33.0. The predicted octanol–water partition coefficient (Wildman–Crippen LogP) is 3.98. The monoisotopic (exact) mass is 585 g/mol. The van der Waals surface area contributed by atoms with Crippen LogP contribution in [0.2, 0.25) is 5.02 Å². The Bertz CT molecular complexity index is 1220. The van der Waals surface area contributed by atoms with Crippen molar-refractivity contribution in [2.75, 3.05) is 19.6 Å². The van der Waals surface area contributed by atoms with Gasteiger partial charge in [-0.05, 0) is 55.2 Å². The third-order valence-electron chi connectivity index (χ3n) is 6.80. The highest BCUT2D eigenvalue weighted by Gasteiger charge is 2.41. The zero-order chi connectivity index (χ0) is 29.8. The average Bonchev–Trinajstić information content (AvgIpc) is 3.20. The number of ether oxygens (including phenoxy) is 1. The maximum atomic E-state index is 13.4. The first-order valence-electron chi connectivity index (χ1n) is 13.2. The summed E-state index contributed by atoms with van der Waals surface area (Å²) in [5.41, 5.74) is -0.423. The fraction of sp³-hybridized carbons (Fsp3) is 0.593. The van der Waals surface area contributed by atoms with Crippen LogP contribution < -0.4 is 16.0 Å². The molecule has 2 atom stereocenters. The lowest BCUT2D eigenvalue weighted by atomic mass is 9.87. The SMILES string of the molecule is CCn1nc(C(=O)NC[C@@]2(O)CC[C@H](C)CN2CC(=O)ON)c(Cl)c1-c1ccc(CC(C)(C)C)cc1OC(F)F. The molecule has 0 bridgehead atoms. The fourth-order valence-corrected chi connectivity index (χ4v) is 5.26. The number of carbonyl (C=O) groups is 2. The van der Waals surface area contributed by atoms with Crippen LogP contribution >= 0.6 is 11.6 Å². The normalized spacial score (nSPS) is 20.0. The van der Waals surface area contributed by atoms with Crippen molar-refractivity contribution < 1.29 is 33.1 Å². The molecule has 13 heteroatoms. The van der Waals surface area contributed by atoms with Crippen LogP contribution in [0.1, 0.15) is 63.5 Å². The number of halogens is 3. The molecule has 0 unspecified atom stereocenters. The number of likely N-dealkylation sites (tertiary alicyclic amines) is 1. The molecule has 1 aromatic carbocycles. The van der Waals surface area contributed by atoms with Crippen LogP contribution in [0.5, 0.6) is 5.75 Å². The molecule has 0 spiro atoms. The van der Waals surface area contributed by atoms with Crippen LogP contribution in [0.3, 0.4) is 0 Å². The lowest BCUT2D eigenvalue weighted by Gasteiger charge is -2.44. The quantitative estimate of drug-likeness (QED) is 0.357. The van der Waals surface area contributed by atoms with Crippen molar-refractivity contribution in [2.45, 2.75) is 72.8 Å². The van der Waals surface area contributed by atoms with Gasteiger partial charge in [0.05, 0.1) is 17.3 Å². The van der Waals surface area contributed by atoms with Gasteiger partial charge in [0.25, 0.3) is 5.91 Å². The first-order valence-corrected chi connectivity index (χ1v) is 13.5. The van der Waals surface area contributed by atoms with E-state index >= 15 is 0 Å². The van der Waals surface area contributed by atoms with Gasteiger partial charge in [-0.1, -0.05) is 45.4 Å². The van der Waals surface area contributed by atoms with Crippen LogP contribution in [-0.2, 0) is 22.6 Å². The zero-order valence-electron chi connectivity index (χ0n) is 23.5. The Balaban J connectivity index is 1.91. The Morgan fingerprint density at radius 2 is 2.05 bits per heavy atom. The van der Waals surface area contributed by atoms with Crippen molar-refractivity contribution in [2.24, 2.45) is 17.2 Å². The maximum Gasteiger partial charge on any atom is 0.387 e. The summed E-state index contributed by atoms with van der Waals surface area (Å²) in [4.78, 5) is 30.8. The number of rotatable bonds is 10. The maximum absolute atomic E-state index is 13.4. The largest absolute Gasteiger partial charge is 0.434 e. The molecule has 1 saturated heterocycles. The highest BCUT2D eigenvalue weighted by molar-refractivity contribution is 6.36. The Hall–Kier alpha value is -2.80. The lowest BCUT2D eigenvalue weighted by molar-refractivity contribution is -0.166. The molecule has 0 radical (unpaired) electrons. The minimum atomic E-state index is -3.07. The van der Waals surface area contributed by atoms with Gasteiger partial charge in [0.2, 0.25) is 0 Å². The number of aryl methyl sites for hydroxylation is 1. The van der Waals surface area contributed by atoms with Crippen molar-refractivity contribution in [3.8, 4) is 17.0 Å². The van der Waals surface area contributed by atoms with E-state index in [4.69, 9.17) is 22.2 Å². The fourth-order valence-electron chi connectivity index (χ4n) is 4.93. The van der Waals surface area contributed by atoms with Gasteiger partial charge < -0.3 is 20.0 Å². The summed E-state index contributed by atoms with van der Waals surface area (Å²) in [6, 6.07) is 4.99. The number of amides is 1. The molecule has 1 fully saturated rings. The Kier molecular flexibility index (Phi) is 10.2. The third kappa shape index (κ3) is 7.68. The predicted molar refractivity (Wildman–Crippen MR) is 146 cm³/mol. The topological polar surface area (TPSA) is 132 Å². The third-order valence-corrected chi connectivity index (χ3v) is 7.16. The molecule has 3 rings (SSSR count). The molecule has 2 aromatic rings. The number of alkyl halides is 2. The van der Waals surface area contributed by atoms with Gasteiger partial charge >= 0.3 is 12.6 Å². The summed E-state index contributed by atoms with van der Waals surface area (Å²) in [7, 11) is 0. The van der Waals surface area contributed by atoms with E-state index in [0.29, 0.717) is 25.8 Å². The minimum Gasteiger partial charge on any atom is -0.434 e. The number of hydrogen-bond donors (Lipinski definition) is 3. The van der Waals surface area contributed by atoms with Crippen LogP contribution in [-0.4, -0.2) is 63.6 Å². The van der Waals surface area contributed by atoms with Crippen molar-refractivity contribution in [3.63, 3.8) is 0 Å². The summed E-state index contributed by atoms with van der Waals surface area (Å²) in [6.45, 7) is 7.02. The van der Waals surface area contributed by atoms with Gasteiger partial charge in [0, 0.05) is 18.7 Å². The summed E-state index contributed by atoms with van der Waals surface area (Å²) in [6.07, 6.45) is 1.60. The van der Waals surface area contributed by atoms with Crippen LogP contribution in [0.4, 0.5) is 8.78 Å². The number of aliphatic hydroxyl groups is 1. The van der Waals surface area contributed by atoms with Crippen molar-refractivity contribution in [1.29, 1.82) is 0 Å². The molecule has 0 aliphatic carbocycles. The Labute approximate surface area is 237 Å². The highest BCUT2D eigenvalue weighted by Crippen LogP contribution is 2.39. The molecular formula is C27H38ClF2N5O5. The van der Waals surface area contributed by atoms with Gasteiger partial charge in [-0.25, -0.2) is 4.79 Å². The Morgan fingerprint density at radius 1 is 1.35 bits per heavy atom. The second kappa shape index (κ2) is 12.8. The number of aromatic nitrogens is 2. The number of nitrogens with zero attached hydrogens (tertiary/aromatic N) is 3. The molecule has 0 saturated carbocycles. The van der Waals surface area contributed by atoms with Gasteiger partial charge in [-0.15, -0.1) is 0 Å². The molecule has 40 heavy (non-hydrogen) atoms. The van der Waals surface area contributed by atoms with Crippen LogP contribution in [0.25, 0.3) is 11.3 Å². The number of piperidine rings is 1. The summed E-state index contributed by atoms with van der Waals surface area (Å²) >= 11 is 6.65. The number of nitrogens with one attached hydrogen (secondary N) is 1. The van der Waals surface area contributed by atoms with E-state index in [0.717, 1.165) is 5.56 Å². The molecule has 222 valence electrons. The van der Waals surface area contributed by atoms with E-state index in [1.807, 2.05) is 33.8 Å². The number of hydrogen-bond acceptors (Lipinski definition) is 8. The van der Waals surface area contributed by atoms with Crippen molar-refractivity contribution in [3.05, 3.63) is 34.5 Å². The second-order valence-electron chi connectivity index (χ2n) is 11.5. The van der Waals surface area contributed by atoms with E-state index in [-0.39, 0.29) is 58.7 Å². The summed E-state index contributed by atoms with van der Waals surface area (Å²) in [5.74, 6) is 3.71.